The lowest BCUT2D eigenvalue weighted by atomic mass is 10.0. The van der Waals surface area contributed by atoms with Gasteiger partial charge in [0.05, 0.1) is 6.10 Å². The Kier molecular flexibility index (Phi) is 11.0. The highest BCUT2D eigenvalue weighted by Crippen LogP contribution is 2.15. The monoisotopic (exact) mass is 296 g/mol. The van der Waals surface area contributed by atoms with Crippen LogP contribution in [-0.2, 0) is 6.42 Å². The van der Waals surface area contributed by atoms with Crippen LogP contribution in [0, 0.1) is 0 Å². The van der Waals surface area contributed by atoms with E-state index in [1.807, 2.05) is 0 Å². The lowest BCUT2D eigenvalue weighted by Gasteiger charge is -2.09. The van der Waals surface area contributed by atoms with Gasteiger partial charge in [-0.2, -0.15) is 0 Å². The summed E-state index contributed by atoms with van der Waals surface area (Å²) in [5, 5.41) is 12.0. The molecule has 0 radical (unpaired) electrons. The van der Waals surface area contributed by atoms with Crippen molar-refractivity contribution in [2.75, 3.05) is 0 Å². The van der Waals surface area contributed by atoms with Crippen LogP contribution in [0.25, 0.3) is 0 Å². The average Bonchev–Trinajstić information content (AvgIpc) is 2.93. The average molecular weight is 297 g/mol. The van der Waals surface area contributed by atoms with Crippen LogP contribution in [0.4, 0.5) is 0 Å². The van der Waals surface area contributed by atoms with Gasteiger partial charge in [0.15, 0.2) is 0 Å². The molecule has 1 unspecified atom stereocenters. The first-order valence-electron chi connectivity index (χ1n) is 8.53. The van der Waals surface area contributed by atoms with Crippen LogP contribution in [0.15, 0.2) is 17.5 Å². The number of aliphatic hydroxyl groups is 1. The summed E-state index contributed by atoms with van der Waals surface area (Å²) in [6.45, 7) is 2.27. The smallest absolute Gasteiger partial charge is 0.0588 e. The normalized spacial score (nSPS) is 12.7. The van der Waals surface area contributed by atoms with E-state index in [1.165, 1.54) is 69.1 Å². The molecule has 1 aromatic heterocycles. The quantitative estimate of drug-likeness (QED) is 0.445. The third-order valence-corrected chi connectivity index (χ3v) is 4.81. The fourth-order valence-electron chi connectivity index (χ4n) is 2.63. The van der Waals surface area contributed by atoms with E-state index in [1.54, 1.807) is 11.3 Å². The lowest BCUT2D eigenvalue weighted by molar-refractivity contribution is 0.161. The molecule has 2 heteroatoms. The van der Waals surface area contributed by atoms with E-state index in [0.717, 1.165) is 12.8 Å². The molecule has 0 aliphatic heterocycles. The van der Waals surface area contributed by atoms with Gasteiger partial charge >= 0.3 is 0 Å². The summed E-state index contributed by atoms with van der Waals surface area (Å²) in [7, 11) is 0. The Morgan fingerprint density at radius 1 is 0.950 bits per heavy atom. The minimum absolute atomic E-state index is 0.136. The van der Waals surface area contributed by atoms with Crippen LogP contribution in [0.3, 0.4) is 0 Å². The second-order valence-corrected chi connectivity index (χ2v) is 6.94. The fourth-order valence-corrected chi connectivity index (χ4v) is 3.41. The molecule has 0 aliphatic rings. The molecule has 116 valence electrons. The van der Waals surface area contributed by atoms with Crippen LogP contribution < -0.4 is 0 Å². The zero-order valence-electron chi connectivity index (χ0n) is 13.2. The first-order chi connectivity index (χ1) is 9.83. The molecule has 0 amide bonds. The molecule has 0 saturated heterocycles. The summed E-state index contributed by atoms with van der Waals surface area (Å²) in [4.78, 5) is 1.31. The predicted molar refractivity (Wildman–Crippen MR) is 90.5 cm³/mol. The van der Waals surface area contributed by atoms with Crippen molar-refractivity contribution in [3.63, 3.8) is 0 Å². The largest absolute Gasteiger partial charge is 0.393 e. The van der Waals surface area contributed by atoms with Gasteiger partial charge in [-0.3, -0.25) is 0 Å². The van der Waals surface area contributed by atoms with Crippen LogP contribution in [-0.4, -0.2) is 11.2 Å². The molecule has 0 bridgehead atoms. The van der Waals surface area contributed by atoms with E-state index < -0.39 is 0 Å². The van der Waals surface area contributed by atoms with Crippen molar-refractivity contribution in [2.45, 2.75) is 90.1 Å². The summed E-state index contributed by atoms with van der Waals surface area (Å²) in [6, 6.07) is 4.18. The molecule has 1 heterocycles. The van der Waals surface area contributed by atoms with E-state index >= 15 is 0 Å². The van der Waals surface area contributed by atoms with Crippen molar-refractivity contribution in [1.29, 1.82) is 0 Å². The van der Waals surface area contributed by atoms with Gasteiger partial charge in [0, 0.05) is 11.3 Å². The standard InChI is InChI=1S/C18H32OS/c1-2-3-4-5-6-7-8-9-10-11-13-17(19)16-18-14-12-15-20-18/h12,14-15,17,19H,2-11,13,16H2,1H3. The minimum Gasteiger partial charge on any atom is -0.393 e. The van der Waals surface area contributed by atoms with Crippen molar-refractivity contribution in [3.05, 3.63) is 22.4 Å². The highest BCUT2D eigenvalue weighted by molar-refractivity contribution is 7.09. The van der Waals surface area contributed by atoms with Crippen molar-refractivity contribution < 1.29 is 5.11 Å². The molecule has 20 heavy (non-hydrogen) atoms. The Balaban J connectivity index is 1.82. The van der Waals surface area contributed by atoms with Crippen LogP contribution in [0.2, 0.25) is 0 Å². The lowest BCUT2D eigenvalue weighted by Crippen LogP contribution is -2.09. The van der Waals surface area contributed by atoms with Crippen LogP contribution in [0.5, 0.6) is 0 Å². The van der Waals surface area contributed by atoms with Crippen molar-refractivity contribution in [1.82, 2.24) is 0 Å². The topological polar surface area (TPSA) is 20.2 Å². The Bertz CT molecular complexity index is 294. The third kappa shape index (κ3) is 9.55. The maximum atomic E-state index is 9.95. The molecule has 1 rings (SSSR count). The molecule has 0 aromatic carbocycles. The van der Waals surface area contributed by atoms with Gasteiger partial charge in [0.25, 0.3) is 0 Å². The van der Waals surface area contributed by atoms with Gasteiger partial charge in [0.1, 0.15) is 0 Å². The Morgan fingerprint density at radius 3 is 2.10 bits per heavy atom. The number of aliphatic hydroxyl groups excluding tert-OH is 1. The number of rotatable bonds is 13. The molecule has 1 atom stereocenters. The van der Waals surface area contributed by atoms with Crippen LogP contribution >= 0.6 is 11.3 Å². The summed E-state index contributed by atoms with van der Waals surface area (Å²) in [5.74, 6) is 0. The molecule has 0 spiro atoms. The van der Waals surface area contributed by atoms with E-state index in [2.05, 4.69) is 24.4 Å². The number of unbranched alkanes of at least 4 members (excludes halogenated alkanes) is 9. The SMILES string of the molecule is CCCCCCCCCCCCC(O)Cc1cccs1. The van der Waals surface area contributed by atoms with Gasteiger partial charge in [0.2, 0.25) is 0 Å². The van der Waals surface area contributed by atoms with Crippen LogP contribution in [0.1, 0.15) is 82.4 Å². The summed E-state index contributed by atoms with van der Waals surface area (Å²) in [5.41, 5.74) is 0. The highest BCUT2D eigenvalue weighted by Gasteiger charge is 2.05. The summed E-state index contributed by atoms with van der Waals surface area (Å²) < 4.78 is 0. The van der Waals surface area contributed by atoms with Gasteiger partial charge in [-0.25, -0.2) is 0 Å². The second-order valence-electron chi connectivity index (χ2n) is 5.91. The van der Waals surface area contributed by atoms with E-state index in [4.69, 9.17) is 0 Å². The van der Waals surface area contributed by atoms with Crippen molar-refractivity contribution in [3.8, 4) is 0 Å². The third-order valence-electron chi connectivity index (χ3n) is 3.91. The first kappa shape index (κ1) is 17.7. The molecule has 1 nitrogen and oxygen atoms in total. The zero-order chi connectivity index (χ0) is 14.5. The molecule has 0 fully saturated rings. The summed E-state index contributed by atoms with van der Waals surface area (Å²) in [6.07, 6.45) is 15.3. The first-order valence-corrected chi connectivity index (χ1v) is 9.41. The molecule has 0 aliphatic carbocycles. The number of hydrogen-bond acceptors (Lipinski definition) is 2. The Labute approximate surface area is 129 Å². The molecular weight excluding hydrogens is 264 g/mol. The van der Waals surface area contributed by atoms with Gasteiger partial charge < -0.3 is 5.11 Å². The van der Waals surface area contributed by atoms with Crippen molar-refractivity contribution in [2.24, 2.45) is 0 Å². The second kappa shape index (κ2) is 12.4. The molecule has 0 saturated carbocycles. The maximum Gasteiger partial charge on any atom is 0.0588 e. The fraction of sp³-hybridized carbons (Fsp3) is 0.778. The van der Waals surface area contributed by atoms with Gasteiger partial charge in [-0.1, -0.05) is 77.2 Å². The highest BCUT2D eigenvalue weighted by atomic mass is 32.1. The van der Waals surface area contributed by atoms with E-state index in [9.17, 15) is 5.11 Å². The van der Waals surface area contributed by atoms with E-state index in [-0.39, 0.29) is 6.10 Å². The minimum atomic E-state index is -0.136. The molecule has 1 aromatic rings. The van der Waals surface area contributed by atoms with E-state index in [0.29, 0.717) is 0 Å². The van der Waals surface area contributed by atoms with Crippen molar-refractivity contribution >= 4 is 11.3 Å². The van der Waals surface area contributed by atoms with Gasteiger partial charge in [-0.15, -0.1) is 11.3 Å². The zero-order valence-corrected chi connectivity index (χ0v) is 14.0. The Hall–Kier alpha value is -0.340. The molecular formula is C18H32OS. The number of thiophene rings is 1. The Morgan fingerprint density at radius 2 is 1.55 bits per heavy atom. The van der Waals surface area contributed by atoms with Gasteiger partial charge in [-0.05, 0) is 17.9 Å². The summed E-state index contributed by atoms with van der Waals surface area (Å²) >= 11 is 1.75. The maximum absolute atomic E-state index is 9.95. The predicted octanol–water partition coefficient (Wildman–Crippen LogP) is 5.96. The number of hydrogen-bond donors (Lipinski definition) is 1. The molecule has 1 N–H and O–H groups in total.